The highest BCUT2D eigenvalue weighted by molar-refractivity contribution is 5.08. The van der Waals surface area contributed by atoms with Crippen molar-refractivity contribution in [2.45, 2.75) is 50.5 Å². The van der Waals surface area contributed by atoms with Crippen LogP contribution in [-0.4, -0.2) is 45.1 Å². The van der Waals surface area contributed by atoms with Crippen LogP contribution >= 0.6 is 0 Å². The zero-order valence-corrected chi connectivity index (χ0v) is 11.5. The second-order valence-electron chi connectivity index (χ2n) is 6.21. The molecule has 2 aliphatic rings. The summed E-state index contributed by atoms with van der Waals surface area (Å²) >= 11 is 0. The Morgan fingerprint density at radius 2 is 2.21 bits per heavy atom. The summed E-state index contributed by atoms with van der Waals surface area (Å²) in [6, 6.07) is 0. The van der Waals surface area contributed by atoms with Crippen LogP contribution < -0.4 is 0 Å². The lowest BCUT2D eigenvalue weighted by molar-refractivity contribution is -0.0400. The van der Waals surface area contributed by atoms with E-state index in [0.29, 0.717) is 12.2 Å². The Morgan fingerprint density at radius 1 is 1.37 bits per heavy atom. The number of rotatable bonds is 4. The number of aliphatic hydroxyl groups is 1. The van der Waals surface area contributed by atoms with Crippen LogP contribution in [0.15, 0.2) is 6.20 Å². The number of β-amino-alcohol motifs (C(OH)–C–C–N with tert-alkyl or cyclic N) is 1. The van der Waals surface area contributed by atoms with E-state index in [9.17, 15) is 5.11 Å². The third kappa shape index (κ3) is 2.98. The van der Waals surface area contributed by atoms with Gasteiger partial charge in [0.15, 0.2) is 0 Å². The molecule has 5 heteroatoms. The molecule has 0 amide bonds. The highest BCUT2D eigenvalue weighted by Gasteiger charge is 2.37. The number of nitrogens with zero attached hydrogens (tertiary/aromatic N) is 3. The van der Waals surface area contributed by atoms with Gasteiger partial charge < -0.3 is 10.0 Å². The van der Waals surface area contributed by atoms with E-state index in [0.717, 1.165) is 31.8 Å². The molecular weight excluding hydrogens is 240 g/mol. The van der Waals surface area contributed by atoms with Gasteiger partial charge in [-0.05, 0) is 38.3 Å². The third-order valence-electron chi connectivity index (χ3n) is 4.77. The predicted octanol–water partition coefficient (Wildman–Crippen LogP) is 1.67. The maximum absolute atomic E-state index is 10.7. The lowest BCUT2D eigenvalue weighted by atomic mass is 9.89. The quantitative estimate of drug-likeness (QED) is 0.868. The van der Waals surface area contributed by atoms with Gasteiger partial charge in [-0.3, -0.25) is 0 Å². The molecule has 1 aromatic heterocycles. The van der Waals surface area contributed by atoms with Gasteiger partial charge in [0.05, 0.1) is 6.20 Å². The first-order chi connectivity index (χ1) is 9.26. The smallest absolute Gasteiger partial charge is 0.123 e. The highest BCUT2D eigenvalue weighted by Crippen LogP contribution is 2.31. The third-order valence-corrected chi connectivity index (χ3v) is 4.77. The summed E-state index contributed by atoms with van der Waals surface area (Å²) < 4.78 is 0. The summed E-state index contributed by atoms with van der Waals surface area (Å²) in [5, 5.41) is 21.2. The summed E-state index contributed by atoms with van der Waals surface area (Å²) in [7, 11) is 0. The summed E-state index contributed by atoms with van der Waals surface area (Å²) in [6.45, 7) is 2.92. The second-order valence-corrected chi connectivity index (χ2v) is 6.21. The Bertz CT molecular complexity index is 388. The standard InChI is InChI=1S/C14H24N4O/c19-14(13-10-15-17-16-13)7-3-8-18(11-14)9-6-12-4-1-2-5-12/h10,12,19H,1-9,11H2,(H,15,16,17)/t14-/m0/s1. The zero-order chi connectivity index (χ0) is 13.1. The van der Waals surface area contributed by atoms with Gasteiger partial charge in [0.25, 0.3) is 0 Å². The number of aromatic amines is 1. The molecule has 2 N–H and O–H groups in total. The molecule has 0 unspecified atom stereocenters. The fourth-order valence-corrected chi connectivity index (χ4v) is 3.61. The number of aromatic nitrogens is 3. The highest BCUT2D eigenvalue weighted by atomic mass is 16.3. The molecule has 1 aliphatic heterocycles. The minimum absolute atomic E-state index is 0.693. The minimum atomic E-state index is -0.805. The normalized spacial score (nSPS) is 29.9. The van der Waals surface area contributed by atoms with E-state index in [-0.39, 0.29) is 0 Å². The van der Waals surface area contributed by atoms with Gasteiger partial charge in [-0.1, -0.05) is 25.7 Å². The van der Waals surface area contributed by atoms with Crippen molar-refractivity contribution in [2.24, 2.45) is 5.92 Å². The summed E-state index contributed by atoms with van der Waals surface area (Å²) in [4.78, 5) is 2.40. The molecule has 106 valence electrons. The molecule has 1 aliphatic carbocycles. The summed E-state index contributed by atoms with van der Waals surface area (Å²) in [5.74, 6) is 0.919. The summed E-state index contributed by atoms with van der Waals surface area (Å²) in [6.07, 6.45) is 10.4. The topological polar surface area (TPSA) is 65.0 Å². The molecule has 3 rings (SSSR count). The van der Waals surface area contributed by atoms with Crippen molar-refractivity contribution in [3.63, 3.8) is 0 Å². The van der Waals surface area contributed by atoms with Crippen molar-refractivity contribution in [2.75, 3.05) is 19.6 Å². The van der Waals surface area contributed by atoms with Crippen LogP contribution in [0.3, 0.4) is 0 Å². The van der Waals surface area contributed by atoms with Crippen LogP contribution in [0, 0.1) is 5.92 Å². The van der Waals surface area contributed by atoms with Crippen molar-refractivity contribution in [1.82, 2.24) is 20.3 Å². The van der Waals surface area contributed by atoms with Crippen molar-refractivity contribution >= 4 is 0 Å². The molecule has 1 saturated carbocycles. The maximum atomic E-state index is 10.7. The first kappa shape index (κ1) is 13.1. The average Bonchev–Trinajstić information content (AvgIpc) is 3.10. The van der Waals surface area contributed by atoms with E-state index in [2.05, 4.69) is 20.3 Å². The largest absolute Gasteiger partial charge is 0.382 e. The molecule has 19 heavy (non-hydrogen) atoms. The van der Waals surface area contributed by atoms with E-state index < -0.39 is 5.60 Å². The molecule has 1 atom stereocenters. The number of likely N-dealkylation sites (tertiary alicyclic amines) is 1. The first-order valence-corrected chi connectivity index (χ1v) is 7.57. The van der Waals surface area contributed by atoms with Gasteiger partial charge in [-0.2, -0.15) is 15.4 Å². The number of nitrogens with one attached hydrogen (secondary N) is 1. The molecule has 0 spiro atoms. The van der Waals surface area contributed by atoms with Crippen molar-refractivity contribution < 1.29 is 5.11 Å². The Morgan fingerprint density at radius 3 is 2.95 bits per heavy atom. The van der Waals surface area contributed by atoms with Gasteiger partial charge >= 0.3 is 0 Å². The fraction of sp³-hybridized carbons (Fsp3) is 0.857. The van der Waals surface area contributed by atoms with E-state index >= 15 is 0 Å². The second kappa shape index (κ2) is 5.59. The van der Waals surface area contributed by atoms with E-state index in [1.165, 1.54) is 32.1 Å². The number of hydrogen-bond donors (Lipinski definition) is 2. The lowest BCUT2D eigenvalue weighted by Crippen LogP contribution is -2.46. The Kier molecular flexibility index (Phi) is 3.84. The monoisotopic (exact) mass is 264 g/mol. The SMILES string of the molecule is O[C@@]1(c2cn[nH]n2)CCCN(CCC2CCCC2)C1. The molecule has 0 radical (unpaired) electrons. The van der Waals surface area contributed by atoms with Crippen LogP contribution in [0.1, 0.15) is 50.6 Å². The molecular formula is C14H24N4O. The van der Waals surface area contributed by atoms with Crippen LogP contribution in [0.2, 0.25) is 0 Å². The molecule has 0 bridgehead atoms. The maximum Gasteiger partial charge on any atom is 0.123 e. The Balaban J connectivity index is 1.55. The van der Waals surface area contributed by atoms with Crippen molar-refractivity contribution in [3.05, 3.63) is 11.9 Å². The van der Waals surface area contributed by atoms with Crippen LogP contribution in [0.4, 0.5) is 0 Å². The average molecular weight is 264 g/mol. The number of H-pyrrole nitrogens is 1. The van der Waals surface area contributed by atoms with Crippen molar-refractivity contribution in [1.29, 1.82) is 0 Å². The molecule has 0 aromatic carbocycles. The van der Waals surface area contributed by atoms with Gasteiger partial charge in [0.1, 0.15) is 11.3 Å². The van der Waals surface area contributed by atoms with Crippen LogP contribution in [-0.2, 0) is 5.60 Å². The van der Waals surface area contributed by atoms with Crippen LogP contribution in [0.25, 0.3) is 0 Å². The van der Waals surface area contributed by atoms with Crippen molar-refractivity contribution in [3.8, 4) is 0 Å². The molecule has 2 fully saturated rings. The molecule has 1 aromatic rings. The zero-order valence-electron chi connectivity index (χ0n) is 11.5. The fourth-order valence-electron chi connectivity index (χ4n) is 3.61. The lowest BCUT2D eigenvalue weighted by Gasteiger charge is -2.38. The van der Waals surface area contributed by atoms with Crippen LogP contribution in [0.5, 0.6) is 0 Å². The molecule has 2 heterocycles. The van der Waals surface area contributed by atoms with Gasteiger partial charge in [0, 0.05) is 6.54 Å². The summed E-state index contributed by atoms with van der Waals surface area (Å²) in [5.41, 5.74) is -0.112. The minimum Gasteiger partial charge on any atom is -0.382 e. The van der Waals surface area contributed by atoms with Gasteiger partial charge in [-0.25, -0.2) is 0 Å². The number of hydrogen-bond acceptors (Lipinski definition) is 4. The Hall–Kier alpha value is -0.940. The molecule has 1 saturated heterocycles. The predicted molar refractivity (Wildman–Crippen MR) is 72.5 cm³/mol. The first-order valence-electron chi connectivity index (χ1n) is 7.57. The molecule has 5 nitrogen and oxygen atoms in total. The Labute approximate surface area is 114 Å². The van der Waals surface area contributed by atoms with E-state index in [1.807, 2.05) is 0 Å². The van der Waals surface area contributed by atoms with E-state index in [1.54, 1.807) is 6.20 Å². The van der Waals surface area contributed by atoms with E-state index in [4.69, 9.17) is 0 Å². The van der Waals surface area contributed by atoms with Gasteiger partial charge in [0.2, 0.25) is 0 Å². The number of piperidine rings is 1. The van der Waals surface area contributed by atoms with Gasteiger partial charge in [-0.15, -0.1) is 0 Å².